The lowest BCUT2D eigenvalue weighted by atomic mass is 9.73. The SMILES string of the molecule is CC1(C)c2ccccc2N(c2ccc3c(c2)c2cncc4c5ccccc5n3c42)c2ccccc21. The molecule has 0 saturated carbocycles. The first-order chi connectivity index (χ1) is 17.1. The average Bonchev–Trinajstić information content (AvgIpc) is 3.41. The molecule has 0 amide bonds. The maximum atomic E-state index is 4.64. The van der Waals surface area contributed by atoms with E-state index in [-0.39, 0.29) is 5.41 Å². The number of para-hydroxylation sites is 3. The fourth-order valence-corrected chi connectivity index (χ4v) is 6.38. The maximum absolute atomic E-state index is 4.64. The highest BCUT2D eigenvalue weighted by atomic mass is 15.2. The van der Waals surface area contributed by atoms with Crippen molar-refractivity contribution in [3.63, 3.8) is 0 Å². The Morgan fingerprint density at radius 2 is 1.20 bits per heavy atom. The molecule has 1 aliphatic rings. The largest absolute Gasteiger partial charge is 0.310 e. The van der Waals surface area contributed by atoms with Crippen molar-refractivity contribution in [3.8, 4) is 0 Å². The second kappa shape index (κ2) is 6.39. The Labute approximate surface area is 203 Å². The Hall–Kier alpha value is -4.37. The second-order valence-corrected chi connectivity index (χ2v) is 10.1. The van der Waals surface area contributed by atoms with E-state index >= 15 is 0 Å². The monoisotopic (exact) mass is 449 g/mol. The van der Waals surface area contributed by atoms with Gasteiger partial charge >= 0.3 is 0 Å². The molecule has 3 aromatic heterocycles. The fourth-order valence-electron chi connectivity index (χ4n) is 6.38. The predicted molar refractivity (Wildman–Crippen MR) is 146 cm³/mol. The molecule has 0 saturated heterocycles. The summed E-state index contributed by atoms with van der Waals surface area (Å²) in [5.41, 5.74) is 10.0. The van der Waals surface area contributed by atoms with Crippen LogP contribution in [0.25, 0.3) is 38.1 Å². The normalized spacial score (nSPS) is 14.7. The molecule has 4 aromatic carbocycles. The van der Waals surface area contributed by atoms with Gasteiger partial charge in [0.1, 0.15) is 0 Å². The Morgan fingerprint density at radius 3 is 1.94 bits per heavy atom. The quantitative estimate of drug-likeness (QED) is 0.251. The van der Waals surface area contributed by atoms with E-state index in [4.69, 9.17) is 0 Å². The van der Waals surface area contributed by atoms with Gasteiger partial charge in [-0.2, -0.15) is 0 Å². The lowest BCUT2D eigenvalue weighted by molar-refractivity contribution is 0.632. The van der Waals surface area contributed by atoms with Crippen LogP contribution in [-0.2, 0) is 5.41 Å². The van der Waals surface area contributed by atoms with Crippen LogP contribution in [0.5, 0.6) is 0 Å². The molecule has 1 aliphatic heterocycles. The van der Waals surface area contributed by atoms with Gasteiger partial charge in [0.15, 0.2) is 0 Å². The molecule has 3 nitrogen and oxygen atoms in total. The summed E-state index contributed by atoms with van der Waals surface area (Å²) in [4.78, 5) is 7.07. The van der Waals surface area contributed by atoms with E-state index in [1.54, 1.807) is 0 Å². The van der Waals surface area contributed by atoms with Crippen LogP contribution in [0, 0.1) is 0 Å². The molecule has 35 heavy (non-hydrogen) atoms. The molecule has 0 atom stereocenters. The number of nitrogens with zero attached hydrogens (tertiary/aromatic N) is 3. The summed E-state index contributed by atoms with van der Waals surface area (Å²) in [7, 11) is 0. The number of hydrogen-bond donors (Lipinski definition) is 0. The predicted octanol–water partition coefficient (Wildman–Crippen LogP) is 8.34. The highest BCUT2D eigenvalue weighted by Gasteiger charge is 2.36. The average molecular weight is 450 g/mol. The van der Waals surface area contributed by atoms with Crippen LogP contribution in [0.15, 0.2) is 103 Å². The number of hydrogen-bond acceptors (Lipinski definition) is 2. The fraction of sp³-hybridized carbons (Fsp3) is 0.0938. The van der Waals surface area contributed by atoms with Crippen molar-refractivity contribution in [1.82, 2.24) is 9.38 Å². The molecular weight excluding hydrogens is 426 g/mol. The van der Waals surface area contributed by atoms with Gasteiger partial charge in [-0.1, -0.05) is 68.4 Å². The zero-order chi connectivity index (χ0) is 23.3. The number of aromatic nitrogens is 2. The van der Waals surface area contributed by atoms with Crippen molar-refractivity contribution in [1.29, 1.82) is 0 Å². The highest BCUT2D eigenvalue weighted by Crippen LogP contribution is 2.52. The first-order valence-corrected chi connectivity index (χ1v) is 12.2. The van der Waals surface area contributed by atoms with Crippen molar-refractivity contribution >= 4 is 55.2 Å². The summed E-state index contributed by atoms with van der Waals surface area (Å²) in [6, 6.07) is 33.2. The lowest BCUT2D eigenvalue weighted by Crippen LogP contribution is -2.30. The van der Waals surface area contributed by atoms with Crippen LogP contribution in [0.1, 0.15) is 25.0 Å². The van der Waals surface area contributed by atoms with Gasteiger partial charge in [-0.05, 0) is 47.5 Å². The van der Waals surface area contributed by atoms with Gasteiger partial charge in [-0.3, -0.25) is 4.98 Å². The highest BCUT2D eigenvalue weighted by molar-refractivity contribution is 6.23. The Morgan fingerprint density at radius 1 is 0.600 bits per heavy atom. The smallest absolute Gasteiger partial charge is 0.0651 e. The zero-order valence-electron chi connectivity index (χ0n) is 19.7. The molecule has 0 bridgehead atoms. The Bertz CT molecular complexity index is 1890. The molecule has 4 heterocycles. The second-order valence-electron chi connectivity index (χ2n) is 10.1. The Kier molecular flexibility index (Phi) is 3.47. The van der Waals surface area contributed by atoms with Crippen LogP contribution < -0.4 is 4.90 Å². The van der Waals surface area contributed by atoms with Crippen molar-refractivity contribution < 1.29 is 0 Å². The number of fused-ring (bicyclic) bond motifs is 8. The van der Waals surface area contributed by atoms with E-state index in [2.05, 4.69) is 119 Å². The van der Waals surface area contributed by atoms with Gasteiger partial charge < -0.3 is 9.30 Å². The van der Waals surface area contributed by atoms with Gasteiger partial charge in [-0.15, -0.1) is 0 Å². The van der Waals surface area contributed by atoms with Crippen molar-refractivity contribution in [3.05, 3.63) is 115 Å². The van der Waals surface area contributed by atoms with Crippen molar-refractivity contribution in [2.45, 2.75) is 19.3 Å². The van der Waals surface area contributed by atoms with Crippen molar-refractivity contribution in [2.24, 2.45) is 0 Å². The molecule has 7 aromatic rings. The topological polar surface area (TPSA) is 20.5 Å². The van der Waals surface area contributed by atoms with E-state index in [9.17, 15) is 0 Å². The third-order valence-electron chi connectivity index (χ3n) is 7.98. The first-order valence-electron chi connectivity index (χ1n) is 12.2. The standard InChI is InChI=1S/C32H23N3/c1-32(2)25-10-4-7-13-29(25)34(30-14-8-5-11-26(30)32)20-15-16-28-22(17-20)24-19-33-18-23-21-9-3-6-12-27(21)35(28)31(23)24/h3-19H,1-2H3. The van der Waals surface area contributed by atoms with Gasteiger partial charge in [0.25, 0.3) is 0 Å². The van der Waals surface area contributed by atoms with Crippen LogP contribution in [0.4, 0.5) is 17.1 Å². The van der Waals surface area contributed by atoms with Gasteiger partial charge in [0.2, 0.25) is 0 Å². The summed E-state index contributed by atoms with van der Waals surface area (Å²) in [5.74, 6) is 0. The van der Waals surface area contributed by atoms with E-state index in [1.165, 1.54) is 66.3 Å². The third-order valence-corrected chi connectivity index (χ3v) is 7.98. The lowest BCUT2D eigenvalue weighted by Gasteiger charge is -2.42. The first kappa shape index (κ1) is 19.0. The minimum atomic E-state index is -0.0623. The van der Waals surface area contributed by atoms with Gasteiger partial charge in [-0.25, -0.2) is 0 Å². The number of anilines is 3. The molecular formula is C32H23N3. The molecule has 0 fully saturated rings. The van der Waals surface area contributed by atoms with Crippen LogP contribution in [0.2, 0.25) is 0 Å². The summed E-state index contributed by atoms with van der Waals surface area (Å²) in [6.07, 6.45) is 4.03. The van der Waals surface area contributed by atoms with E-state index in [1.807, 2.05) is 12.4 Å². The molecule has 0 spiro atoms. The summed E-state index contributed by atoms with van der Waals surface area (Å²) in [5, 5.41) is 4.91. The van der Waals surface area contributed by atoms with Gasteiger partial charge in [0, 0.05) is 45.0 Å². The Balaban J connectivity index is 1.46. The molecule has 0 N–H and O–H groups in total. The molecule has 8 rings (SSSR count). The minimum Gasteiger partial charge on any atom is -0.310 e. The molecule has 3 heteroatoms. The number of benzene rings is 4. The van der Waals surface area contributed by atoms with E-state index in [0.717, 1.165) is 0 Å². The van der Waals surface area contributed by atoms with Crippen LogP contribution in [-0.4, -0.2) is 9.38 Å². The molecule has 0 aliphatic carbocycles. The summed E-state index contributed by atoms with van der Waals surface area (Å²) >= 11 is 0. The number of rotatable bonds is 1. The molecule has 0 radical (unpaired) electrons. The van der Waals surface area contributed by atoms with Crippen LogP contribution >= 0.6 is 0 Å². The third kappa shape index (κ3) is 2.28. The van der Waals surface area contributed by atoms with E-state index in [0.29, 0.717) is 0 Å². The van der Waals surface area contributed by atoms with E-state index < -0.39 is 0 Å². The number of pyridine rings is 1. The van der Waals surface area contributed by atoms with Gasteiger partial charge in [0.05, 0.1) is 27.9 Å². The molecule has 166 valence electrons. The summed E-state index contributed by atoms with van der Waals surface area (Å²) < 4.78 is 2.40. The summed E-state index contributed by atoms with van der Waals surface area (Å²) in [6.45, 7) is 4.66. The maximum Gasteiger partial charge on any atom is 0.0651 e. The minimum absolute atomic E-state index is 0.0623. The van der Waals surface area contributed by atoms with Crippen LogP contribution in [0.3, 0.4) is 0 Å². The molecule has 0 unspecified atom stereocenters. The zero-order valence-corrected chi connectivity index (χ0v) is 19.7. The van der Waals surface area contributed by atoms with Crippen molar-refractivity contribution in [2.75, 3.05) is 4.90 Å².